The van der Waals surface area contributed by atoms with E-state index in [4.69, 9.17) is 5.11 Å². The third-order valence-electron chi connectivity index (χ3n) is 3.76. The van der Waals surface area contributed by atoms with Gasteiger partial charge >= 0.3 is 6.09 Å². The number of fused-ring (bicyclic) bond motifs is 3. The zero-order valence-corrected chi connectivity index (χ0v) is 11.3. The van der Waals surface area contributed by atoms with Crippen LogP contribution in [0.25, 0.3) is 0 Å². The fourth-order valence-electron chi connectivity index (χ4n) is 2.79. The van der Waals surface area contributed by atoms with Crippen LogP contribution in [0.5, 0.6) is 0 Å². The Hall–Kier alpha value is -2.31. The fourth-order valence-corrected chi connectivity index (χ4v) is 2.79. The third kappa shape index (κ3) is 1.86. The first kappa shape index (κ1) is 12.7. The molecule has 3 heterocycles. The van der Waals surface area contributed by atoms with Crippen LogP contribution in [0.4, 0.5) is 4.79 Å². The molecule has 2 amide bonds. The Kier molecular flexibility index (Phi) is 2.77. The molecule has 1 N–H and O–H groups in total. The molecule has 0 saturated heterocycles. The van der Waals surface area contributed by atoms with E-state index in [0.717, 1.165) is 16.8 Å². The van der Waals surface area contributed by atoms with Crippen LogP contribution in [0.3, 0.4) is 0 Å². The van der Waals surface area contributed by atoms with E-state index in [1.807, 2.05) is 0 Å². The summed E-state index contributed by atoms with van der Waals surface area (Å²) < 4.78 is 1.67. The van der Waals surface area contributed by atoms with E-state index >= 15 is 0 Å². The van der Waals surface area contributed by atoms with E-state index in [9.17, 15) is 9.59 Å². The van der Waals surface area contributed by atoms with Crippen LogP contribution in [-0.4, -0.2) is 56.8 Å². The minimum Gasteiger partial charge on any atom is -0.465 e. The Labute approximate surface area is 116 Å². The Balaban J connectivity index is 2.07. The lowest BCUT2D eigenvalue weighted by Crippen LogP contribution is -2.36. The Morgan fingerprint density at radius 1 is 1.35 bits per heavy atom. The second kappa shape index (κ2) is 4.36. The molecule has 106 valence electrons. The lowest BCUT2D eigenvalue weighted by atomic mass is 10.1. The maximum absolute atomic E-state index is 12.4. The predicted molar refractivity (Wildman–Crippen MR) is 70.5 cm³/mol. The maximum atomic E-state index is 12.4. The summed E-state index contributed by atoms with van der Waals surface area (Å²) in [7, 11) is 1.72. The molecule has 7 heteroatoms. The summed E-state index contributed by atoms with van der Waals surface area (Å²) in [4.78, 5) is 26.5. The number of likely N-dealkylation sites (N-methyl/N-ethyl adjacent to an activating group) is 1. The number of aromatic nitrogens is 2. The monoisotopic (exact) mass is 276 g/mol. The number of rotatable bonds is 0. The van der Waals surface area contributed by atoms with Crippen molar-refractivity contribution in [2.45, 2.75) is 19.5 Å². The summed E-state index contributed by atoms with van der Waals surface area (Å²) in [6.45, 7) is 5.60. The molecule has 0 radical (unpaired) electrons. The summed E-state index contributed by atoms with van der Waals surface area (Å²) >= 11 is 0. The summed E-state index contributed by atoms with van der Waals surface area (Å²) in [5, 5.41) is 13.6. The highest BCUT2D eigenvalue weighted by atomic mass is 16.4. The summed E-state index contributed by atoms with van der Waals surface area (Å²) in [6.07, 6.45) is -0.417. The van der Waals surface area contributed by atoms with Crippen LogP contribution >= 0.6 is 0 Å². The average molecular weight is 276 g/mol. The third-order valence-corrected chi connectivity index (χ3v) is 3.76. The second-order valence-electron chi connectivity index (χ2n) is 5.30. The number of carbonyl (C=O) groups is 2. The summed E-state index contributed by atoms with van der Waals surface area (Å²) in [5.74, 6) is -0.121. The maximum Gasteiger partial charge on any atom is 0.407 e. The largest absolute Gasteiger partial charge is 0.465 e. The van der Waals surface area contributed by atoms with Crippen molar-refractivity contribution in [1.29, 1.82) is 0 Å². The van der Waals surface area contributed by atoms with Crippen molar-refractivity contribution in [3.8, 4) is 0 Å². The van der Waals surface area contributed by atoms with Gasteiger partial charge in [-0.2, -0.15) is 5.10 Å². The SMILES string of the molecule is C=C1CN(C)C(=O)c2c3c(nn2C1)CCN(C(=O)O)C3. The van der Waals surface area contributed by atoms with Crippen LogP contribution in [0.1, 0.15) is 21.7 Å². The molecule has 1 aromatic rings. The van der Waals surface area contributed by atoms with Gasteiger partial charge in [0.25, 0.3) is 5.91 Å². The lowest BCUT2D eigenvalue weighted by Gasteiger charge is -2.24. The van der Waals surface area contributed by atoms with Crippen LogP contribution in [0.2, 0.25) is 0 Å². The van der Waals surface area contributed by atoms with Gasteiger partial charge in [0.05, 0.1) is 18.8 Å². The predicted octanol–water partition coefficient (Wildman–Crippen LogP) is 0.561. The van der Waals surface area contributed by atoms with E-state index < -0.39 is 6.09 Å². The molecule has 0 saturated carbocycles. The number of hydrogen-bond acceptors (Lipinski definition) is 3. The average Bonchev–Trinajstić information content (AvgIpc) is 2.68. The quantitative estimate of drug-likeness (QED) is 0.702. The molecule has 1 aromatic heterocycles. The smallest absolute Gasteiger partial charge is 0.407 e. The highest BCUT2D eigenvalue weighted by molar-refractivity contribution is 5.95. The van der Waals surface area contributed by atoms with Gasteiger partial charge < -0.3 is 14.9 Å². The molecular weight excluding hydrogens is 260 g/mol. The summed E-state index contributed by atoms with van der Waals surface area (Å²) in [6, 6.07) is 0. The molecule has 7 nitrogen and oxygen atoms in total. The van der Waals surface area contributed by atoms with E-state index in [0.29, 0.717) is 31.7 Å². The first-order valence-corrected chi connectivity index (χ1v) is 6.46. The molecule has 0 fully saturated rings. The van der Waals surface area contributed by atoms with Gasteiger partial charge in [0.2, 0.25) is 0 Å². The normalized spacial score (nSPS) is 18.6. The van der Waals surface area contributed by atoms with Gasteiger partial charge in [0.1, 0.15) is 5.69 Å². The molecule has 0 aliphatic carbocycles. The van der Waals surface area contributed by atoms with E-state index in [-0.39, 0.29) is 12.5 Å². The molecule has 2 aliphatic rings. The van der Waals surface area contributed by atoms with Gasteiger partial charge in [-0.05, 0) is 5.57 Å². The summed E-state index contributed by atoms with van der Waals surface area (Å²) in [5.41, 5.74) is 2.99. The zero-order chi connectivity index (χ0) is 14.4. The zero-order valence-electron chi connectivity index (χ0n) is 11.3. The fraction of sp³-hybridized carbons (Fsp3) is 0.462. The highest BCUT2D eigenvalue weighted by Crippen LogP contribution is 2.25. The van der Waals surface area contributed by atoms with Crippen molar-refractivity contribution >= 4 is 12.0 Å². The van der Waals surface area contributed by atoms with Crippen LogP contribution in [0.15, 0.2) is 12.2 Å². The molecule has 20 heavy (non-hydrogen) atoms. The first-order valence-electron chi connectivity index (χ1n) is 6.46. The molecule has 0 bridgehead atoms. The second-order valence-corrected chi connectivity index (χ2v) is 5.30. The minimum absolute atomic E-state index is 0.121. The molecular formula is C13H16N4O3. The molecule has 0 aromatic carbocycles. The van der Waals surface area contributed by atoms with E-state index in [1.165, 1.54) is 4.90 Å². The van der Waals surface area contributed by atoms with E-state index in [2.05, 4.69) is 11.7 Å². The number of carbonyl (C=O) groups excluding carboxylic acids is 1. The Morgan fingerprint density at radius 2 is 2.10 bits per heavy atom. The molecule has 0 atom stereocenters. The van der Waals surface area contributed by atoms with Crippen molar-refractivity contribution in [3.05, 3.63) is 29.1 Å². The highest BCUT2D eigenvalue weighted by Gasteiger charge is 2.32. The topological polar surface area (TPSA) is 78.7 Å². The first-order chi connectivity index (χ1) is 9.47. The Bertz CT molecular complexity index is 619. The van der Waals surface area contributed by atoms with Crippen molar-refractivity contribution in [2.75, 3.05) is 20.1 Å². The van der Waals surface area contributed by atoms with Crippen molar-refractivity contribution < 1.29 is 14.7 Å². The van der Waals surface area contributed by atoms with Gasteiger partial charge in [-0.1, -0.05) is 6.58 Å². The number of carboxylic acid groups (broad SMARTS) is 1. The van der Waals surface area contributed by atoms with Gasteiger partial charge in [-0.15, -0.1) is 0 Å². The standard InChI is InChI=1S/C13H16N4O3/c1-8-5-15(2)12(18)11-9-7-16(13(19)20)4-3-10(9)14-17(11)6-8/h1,3-7H2,2H3,(H,19,20). The van der Waals surface area contributed by atoms with Gasteiger partial charge in [0.15, 0.2) is 0 Å². The molecule has 0 unspecified atom stereocenters. The number of nitrogens with zero attached hydrogens (tertiary/aromatic N) is 4. The van der Waals surface area contributed by atoms with E-state index in [1.54, 1.807) is 16.6 Å². The number of hydrogen-bond donors (Lipinski definition) is 1. The molecule has 2 aliphatic heterocycles. The lowest BCUT2D eigenvalue weighted by molar-refractivity contribution is 0.0800. The van der Waals surface area contributed by atoms with Crippen molar-refractivity contribution in [1.82, 2.24) is 19.6 Å². The van der Waals surface area contributed by atoms with Crippen LogP contribution in [-0.2, 0) is 19.5 Å². The molecule has 0 spiro atoms. The van der Waals surface area contributed by atoms with Gasteiger partial charge in [0, 0.05) is 32.1 Å². The van der Waals surface area contributed by atoms with Gasteiger partial charge in [-0.3, -0.25) is 9.48 Å². The van der Waals surface area contributed by atoms with Gasteiger partial charge in [-0.25, -0.2) is 4.79 Å². The Morgan fingerprint density at radius 3 is 2.80 bits per heavy atom. The molecule has 3 rings (SSSR count). The minimum atomic E-state index is -0.963. The van der Waals surface area contributed by atoms with Crippen molar-refractivity contribution in [2.24, 2.45) is 0 Å². The number of amides is 2. The van der Waals surface area contributed by atoms with Crippen LogP contribution in [0, 0.1) is 0 Å². The van der Waals surface area contributed by atoms with Crippen LogP contribution < -0.4 is 0 Å². The van der Waals surface area contributed by atoms with Crippen molar-refractivity contribution in [3.63, 3.8) is 0 Å².